The Bertz CT molecular complexity index is 465. The van der Waals surface area contributed by atoms with Crippen LogP contribution in [0.2, 0.25) is 0 Å². The van der Waals surface area contributed by atoms with Gasteiger partial charge in [0.15, 0.2) is 0 Å². The molecule has 0 fully saturated rings. The number of rotatable bonds is 9. The van der Waals surface area contributed by atoms with Crippen LogP contribution in [0.25, 0.3) is 0 Å². The first kappa shape index (κ1) is 18.5. The zero-order chi connectivity index (χ0) is 16.6. The molecule has 0 N–H and O–H groups in total. The zero-order valence-electron chi connectivity index (χ0n) is 14.2. The Labute approximate surface area is 133 Å². The molecule has 1 rings (SSSR count). The molecule has 0 atom stereocenters. The van der Waals surface area contributed by atoms with Crippen molar-refractivity contribution in [2.45, 2.75) is 19.3 Å². The number of para-hydroxylation sites is 1. The summed E-state index contributed by atoms with van der Waals surface area (Å²) in [5.41, 5.74) is 0.191. The van der Waals surface area contributed by atoms with E-state index in [1.807, 2.05) is 38.1 Å². The minimum Gasteiger partial charge on any atom is -0.496 e. The van der Waals surface area contributed by atoms with Gasteiger partial charge < -0.3 is 19.1 Å². The molecule has 1 amide bonds. The van der Waals surface area contributed by atoms with Crippen molar-refractivity contribution in [2.24, 2.45) is 0 Å². The first-order chi connectivity index (χ1) is 10.5. The summed E-state index contributed by atoms with van der Waals surface area (Å²) in [5, 5.41) is 0. The van der Waals surface area contributed by atoms with Crippen LogP contribution < -0.4 is 4.74 Å². The molecule has 0 aliphatic carbocycles. The van der Waals surface area contributed by atoms with Crippen LogP contribution in [0.3, 0.4) is 0 Å². The van der Waals surface area contributed by atoms with Crippen molar-refractivity contribution in [2.75, 3.05) is 47.6 Å². The van der Waals surface area contributed by atoms with Crippen molar-refractivity contribution in [1.29, 1.82) is 0 Å². The molecule has 0 radical (unpaired) electrons. The second kappa shape index (κ2) is 8.76. The van der Waals surface area contributed by atoms with Gasteiger partial charge in [-0.1, -0.05) is 18.2 Å². The number of carbonyl (C=O) groups excluding carboxylic acids is 1. The van der Waals surface area contributed by atoms with Gasteiger partial charge in [0, 0.05) is 32.9 Å². The van der Waals surface area contributed by atoms with E-state index >= 15 is 0 Å². The minimum atomic E-state index is -0.686. The SMILES string of the molecule is COCCN(CCOC)C(=O)C(C)(C)c1ccccc1OC. The number of carbonyl (C=O) groups is 1. The van der Waals surface area contributed by atoms with E-state index in [0.717, 1.165) is 11.3 Å². The van der Waals surface area contributed by atoms with Crippen LogP contribution in [0, 0.1) is 0 Å². The van der Waals surface area contributed by atoms with Gasteiger partial charge in [0.05, 0.1) is 25.7 Å². The van der Waals surface area contributed by atoms with E-state index in [-0.39, 0.29) is 5.91 Å². The summed E-state index contributed by atoms with van der Waals surface area (Å²) in [6, 6.07) is 7.62. The fraction of sp³-hybridized carbons (Fsp3) is 0.588. The predicted octanol–water partition coefficient (Wildman–Crippen LogP) is 2.09. The third kappa shape index (κ3) is 4.45. The molecule has 0 saturated carbocycles. The van der Waals surface area contributed by atoms with Crippen molar-refractivity contribution in [1.82, 2.24) is 4.90 Å². The molecule has 0 aromatic heterocycles. The Kier molecular flexibility index (Phi) is 7.35. The van der Waals surface area contributed by atoms with Gasteiger partial charge in [0.2, 0.25) is 5.91 Å². The molecule has 1 aromatic rings. The molecule has 0 unspecified atom stereocenters. The molecule has 0 aliphatic rings. The van der Waals surface area contributed by atoms with E-state index in [9.17, 15) is 4.79 Å². The highest BCUT2D eigenvalue weighted by molar-refractivity contribution is 5.88. The van der Waals surface area contributed by atoms with Crippen molar-refractivity contribution in [3.05, 3.63) is 29.8 Å². The number of benzene rings is 1. The highest BCUT2D eigenvalue weighted by atomic mass is 16.5. The Morgan fingerprint density at radius 3 is 2.09 bits per heavy atom. The molecule has 1 aromatic carbocycles. The zero-order valence-corrected chi connectivity index (χ0v) is 14.2. The average Bonchev–Trinajstić information content (AvgIpc) is 2.54. The second-order valence-corrected chi connectivity index (χ2v) is 5.60. The predicted molar refractivity (Wildman–Crippen MR) is 86.4 cm³/mol. The van der Waals surface area contributed by atoms with Crippen molar-refractivity contribution < 1.29 is 19.0 Å². The Morgan fingerprint density at radius 1 is 1.05 bits per heavy atom. The second-order valence-electron chi connectivity index (χ2n) is 5.60. The first-order valence-corrected chi connectivity index (χ1v) is 7.39. The highest BCUT2D eigenvalue weighted by Gasteiger charge is 2.35. The smallest absolute Gasteiger partial charge is 0.232 e. The van der Waals surface area contributed by atoms with Gasteiger partial charge in [-0.3, -0.25) is 4.79 Å². The lowest BCUT2D eigenvalue weighted by Crippen LogP contribution is -2.46. The van der Waals surface area contributed by atoms with Crippen molar-refractivity contribution in [3.63, 3.8) is 0 Å². The fourth-order valence-corrected chi connectivity index (χ4v) is 2.39. The number of ether oxygens (including phenoxy) is 3. The molecule has 22 heavy (non-hydrogen) atoms. The standard InChI is InChI=1S/C17H27NO4/c1-17(2,14-8-6-7-9-15(14)22-5)16(19)18(10-12-20-3)11-13-21-4/h6-9H,10-13H2,1-5H3. The molecule has 0 heterocycles. The van der Waals surface area contributed by atoms with Gasteiger partial charge in [-0.05, 0) is 19.9 Å². The van der Waals surface area contributed by atoms with Crippen LogP contribution in [-0.2, 0) is 19.7 Å². The monoisotopic (exact) mass is 309 g/mol. The third-order valence-corrected chi connectivity index (χ3v) is 3.73. The van der Waals surface area contributed by atoms with E-state index in [2.05, 4.69) is 0 Å². The molecule has 5 heteroatoms. The lowest BCUT2D eigenvalue weighted by atomic mass is 9.82. The van der Waals surface area contributed by atoms with E-state index in [4.69, 9.17) is 14.2 Å². The summed E-state index contributed by atoms with van der Waals surface area (Å²) in [6.07, 6.45) is 0. The maximum atomic E-state index is 13.0. The number of methoxy groups -OCH3 is 3. The molecule has 124 valence electrons. The lowest BCUT2D eigenvalue weighted by molar-refractivity contribution is -0.137. The fourth-order valence-electron chi connectivity index (χ4n) is 2.39. The summed E-state index contributed by atoms with van der Waals surface area (Å²) in [6.45, 7) is 5.91. The van der Waals surface area contributed by atoms with Crippen LogP contribution in [0.1, 0.15) is 19.4 Å². The van der Waals surface area contributed by atoms with Gasteiger partial charge >= 0.3 is 0 Å². The van der Waals surface area contributed by atoms with Gasteiger partial charge in [0.1, 0.15) is 5.75 Å². The lowest BCUT2D eigenvalue weighted by Gasteiger charge is -2.33. The molecule has 0 spiro atoms. The molecule has 5 nitrogen and oxygen atoms in total. The molecule has 0 bridgehead atoms. The summed E-state index contributed by atoms with van der Waals surface area (Å²) in [5.74, 6) is 0.755. The van der Waals surface area contributed by atoms with Crippen LogP contribution in [-0.4, -0.2) is 58.4 Å². The Hall–Kier alpha value is -1.59. The molecule has 0 aliphatic heterocycles. The quantitative estimate of drug-likeness (QED) is 0.701. The molecular formula is C17H27NO4. The largest absolute Gasteiger partial charge is 0.496 e. The maximum Gasteiger partial charge on any atom is 0.232 e. The van der Waals surface area contributed by atoms with E-state index < -0.39 is 5.41 Å². The number of nitrogens with zero attached hydrogens (tertiary/aromatic N) is 1. The van der Waals surface area contributed by atoms with Gasteiger partial charge in [-0.15, -0.1) is 0 Å². The number of hydrogen-bond donors (Lipinski definition) is 0. The molecular weight excluding hydrogens is 282 g/mol. The van der Waals surface area contributed by atoms with Gasteiger partial charge in [0.25, 0.3) is 0 Å². The first-order valence-electron chi connectivity index (χ1n) is 7.39. The number of hydrogen-bond acceptors (Lipinski definition) is 4. The average molecular weight is 309 g/mol. The summed E-state index contributed by atoms with van der Waals surface area (Å²) in [4.78, 5) is 14.8. The van der Waals surface area contributed by atoms with Crippen LogP contribution in [0.5, 0.6) is 5.75 Å². The maximum absolute atomic E-state index is 13.0. The topological polar surface area (TPSA) is 48.0 Å². The summed E-state index contributed by atoms with van der Waals surface area (Å²) >= 11 is 0. The molecule has 0 saturated heterocycles. The van der Waals surface area contributed by atoms with E-state index in [1.54, 1.807) is 26.2 Å². The Morgan fingerprint density at radius 2 is 1.59 bits per heavy atom. The number of amides is 1. The summed E-state index contributed by atoms with van der Waals surface area (Å²) in [7, 11) is 4.88. The Balaban J connectivity index is 3.02. The summed E-state index contributed by atoms with van der Waals surface area (Å²) < 4.78 is 15.6. The minimum absolute atomic E-state index is 0.0334. The van der Waals surface area contributed by atoms with Crippen molar-refractivity contribution >= 4 is 5.91 Å². The van der Waals surface area contributed by atoms with Crippen molar-refractivity contribution in [3.8, 4) is 5.75 Å². The highest BCUT2D eigenvalue weighted by Crippen LogP contribution is 2.33. The van der Waals surface area contributed by atoms with Crippen LogP contribution >= 0.6 is 0 Å². The van der Waals surface area contributed by atoms with Crippen LogP contribution in [0.4, 0.5) is 0 Å². The normalized spacial score (nSPS) is 11.3. The third-order valence-electron chi connectivity index (χ3n) is 3.73. The van der Waals surface area contributed by atoms with Gasteiger partial charge in [-0.2, -0.15) is 0 Å². The van der Waals surface area contributed by atoms with Crippen LogP contribution in [0.15, 0.2) is 24.3 Å². The van der Waals surface area contributed by atoms with E-state index in [1.165, 1.54) is 0 Å². The van der Waals surface area contributed by atoms with E-state index in [0.29, 0.717) is 26.3 Å². The van der Waals surface area contributed by atoms with Gasteiger partial charge in [-0.25, -0.2) is 0 Å².